The van der Waals surface area contributed by atoms with Gasteiger partial charge in [0.15, 0.2) is 0 Å². The zero-order valence-electron chi connectivity index (χ0n) is 15.6. The highest BCUT2D eigenvalue weighted by atomic mass is 35.5. The lowest BCUT2D eigenvalue weighted by Crippen LogP contribution is -2.43. The van der Waals surface area contributed by atoms with Crippen molar-refractivity contribution < 1.29 is 5.11 Å². The molecule has 0 aliphatic carbocycles. The SMILES string of the molecule is Cc1nc(N2CCC(O)(c3ccc(Cl)cc3)CC2)ncc1-c1ccc(Cl)cc1. The molecule has 144 valence electrons. The summed E-state index contributed by atoms with van der Waals surface area (Å²) >= 11 is 11.9. The van der Waals surface area contributed by atoms with Crippen LogP contribution in [0, 0.1) is 6.92 Å². The van der Waals surface area contributed by atoms with Crippen LogP contribution in [0.5, 0.6) is 0 Å². The molecule has 0 bridgehead atoms. The maximum absolute atomic E-state index is 11.0. The second kappa shape index (κ2) is 7.70. The fraction of sp³-hybridized carbons (Fsp3) is 0.273. The molecule has 4 nitrogen and oxygen atoms in total. The van der Waals surface area contributed by atoms with E-state index in [0.717, 1.165) is 22.4 Å². The van der Waals surface area contributed by atoms with E-state index in [-0.39, 0.29) is 0 Å². The number of halogens is 2. The van der Waals surface area contributed by atoms with Crippen molar-refractivity contribution in [1.82, 2.24) is 9.97 Å². The van der Waals surface area contributed by atoms with Crippen LogP contribution in [0.4, 0.5) is 5.95 Å². The van der Waals surface area contributed by atoms with Crippen molar-refractivity contribution in [3.05, 3.63) is 76.0 Å². The molecule has 1 aliphatic heterocycles. The summed E-state index contributed by atoms with van der Waals surface area (Å²) in [4.78, 5) is 11.4. The number of piperidine rings is 1. The fourth-order valence-electron chi connectivity index (χ4n) is 3.65. The Morgan fingerprint density at radius 1 is 0.929 bits per heavy atom. The Hall–Kier alpha value is -2.14. The molecule has 3 aromatic rings. The summed E-state index contributed by atoms with van der Waals surface area (Å²) in [5.74, 6) is 0.702. The van der Waals surface area contributed by atoms with E-state index in [4.69, 9.17) is 28.2 Å². The molecule has 6 heteroatoms. The average Bonchev–Trinajstić information content (AvgIpc) is 2.70. The summed E-state index contributed by atoms with van der Waals surface area (Å²) in [5, 5.41) is 12.4. The number of aromatic nitrogens is 2. The topological polar surface area (TPSA) is 49.2 Å². The van der Waals surface area contributed by atoms with E-state index in [1.165, 1.54) is 0 Å². The third kappa shape index (κ3) is 3.86. The Morgan fingerprint density at radius 2 is 1.50 bits per heavy atom. The summed E-state index contributed by atoms with van der Waals surface area (Å²) in [6.45, 7) is 3.38. The lowest BCUT2D eigenvalue weighted by molar-refractivity contribution is 0.0115. The van der Waals surface area contributed by atoms with E-state index in [0.29, 0.717) is 41.9 Å². The van der Waals surface area contributed by atoms with E-state index in [1.807, 2.05) is 61.7 Å². The van der Waals surface area contributed by atoms with Gasteiger partial charge in [0.05, 0.1) is 11.3 Å². The summed E-state index contributed by atoms with van der Waals surface area (Å²) in [6, 6.07) is 15.1. The lowest BCUT2D eigenvalue weighted by Gasteiger charge is -2.38. The minimum atomic E-state index is -0.834. The van der Waals surface area contributed by atoms with Crippen molar-refractivity contribution in [3.63, 3.8) is 0 Å². The maximum atomic E-state index is 11.0. The predicted octanol–water partition coefficient (Wildman–Crippen LogP) is 5.25. The summed E-state index contributed by atoms with van der Waals surface area (Å²) in [5.41, 5.74) is 3.04. The fourth-order valence-corrected chi connectivity index (χ4v) is 3.90. The summed E-state index contributed by atoms with van der Waals surface area (Å²) in [7, 11) is 0. The molecule has 0 amide bonds. The Morgan fingerprint density at radius 3 is 2.07 bits per heavy atom. The first-order valence-corrected chi connectivity index (χ1v) is 10.0. The summed E-state index contributed by atoms with van der Waals surface area (Å²) < 4.78 is 0. The number of hydrogen-bond acceptors (Lipinski definition) is 4. The number of rotatable bonds is 3. The minimum Gasteiger partial charge on any atom is -0.385 e. The molecule has 28 heavy (non-hydrogen) atoms. The van der Waals surface area contributed by atoms with Crippen molar-refractivity contribution in [1.29, 1.82) is 0 Å². The van der Waals surface area contributed by atoms with Gasteiger partial charge in [-0.3, -0.25) is 0 Å². The van der Waals surface area contributed by atoms with Crippen LogP contribution < -0.4 is 4.90 Å². The van der Waals surface area contributed by atoms with Crippen LogP contribution in [0.1, 0.15) is 24.1 Å². The first kappa shape index (κ1) is 19.2. The molecule has 1 N–H and O–H groups in total. The number of aliphatic hydroxyl groups is 1. The Balaban J connectivity index is 1.49. The van der Waals surface area contributed by atoms with Gasteiger partial charge in [0.1, 0.15) is 0 Å². The molecular formula is C22H21Cl2N3O. The maximum Gasteiger partial charge on any atom is 0.225 e. The minimum absolute atomic E-state index is 0.621. The zero-order chi connectivity index (χ0) is 19.7. The molecule has 1 aliphatic rings. The van der Waals surface area contributed by atoms with Crippen LogP contribution in [0.25, 0.3) is 11.1 Å². The van der Waals surface area contributed by atoms with Gasteiger partial charge in [0.2, 0.25) is 5.95 Å². The van der Waals surface area contributed by atoms with Gasteiger partial charge in [0.25, 0.3) is 0 Å². The second-order valence-electron chi connectivity index (χ2n) is 7.20. The standard InChI is InChI=1S/C22H21Cl2N3O/c1-15-20(16-2-6-18(23)7-3-16)14-25-21(26-15)27-12-10-22(28,11-13-27)17-4-8-19(24)9-5-17/h2-9,14,28H,10-13H2,1H3. The largest absolute Gasteiger partial charge is 0.385 e. The zero-order valence-corrected chi connectivity index (χ0v) is 17.1. The summed E-state index contributed by atoms with van der Waals surface area (Å²) in [6.07, 6.45) is 3.10. The number of anilines is 1. The van der Waals surface area contributed by atoms with Crippen LogP contribution in [-0.4, -0.2) is 28.2 Å². The number of benzene rings is 2. The van der Waals surface area contributed by atoms with Crippen LogP contribution in [0.3, 0.4) is 0 Å². The van der Waals surface area contributed by atoms with Gasteiger partial charge in [-0.05, 0) is 55.2 Å². The third-order valence-corrected chi connectivity index (χ3v) is 5.88. The average molecular weight is 414 g/mol. The molecule has 2 aromatic carbocycles. The van der Waals surface area contributed by atoms with Gasteiger partial charge >= 0.3 is 0 Å². The Bertz CT molecular complexity index is 966. The molecule has 0 spiro atoms. The quantitative estimate of drug-likeness (QED) is 0.636. The smallest absolute Gasteiger partial charge is 0.225 e. The highest BCUT2D eigenvalue weighted by Crippen LogP contribution is 2.34. The van der Waals surface area contributed by atoms with E-state index in [2.05, 4.69) is 9.88 Å². The van der Waals surface area contributed by atoms with Gasteiger partial charge in [-0.2, -0.15) is 0 Å². The Kier molecular flexibility index (Phi) is 5.28. The molecule has 4 rings (SSSR count). The van der Waals surface area contributed by atoms with E-state index in [9.17, 15) is 5.11 Å². The van der Waals surface area contributed by atoms with Crippen LogP contribution >= 0.6 is 23.2 Å². The highest BCUT2D eigenvalue weighted by molar-refractivity contribution is 6.30. The van der Waals surface area contributed by atoms with Crippen molar-refractivity contribution in [2.24, 2.45) is 0 Å². The normalized spacial score (nSPS) is 16.2. The monoisotopic (exact) mass is 413 g/mol. The molecule has 2 heterocycles. The molecule has 1 aromatic heterocycles. The van der Waals surface area contributed by atoms with Crippen LogP contribution in [-0.2, 0) is 5.60 Å². The molecule has 1 saturated heterocycles. The van der Waals surface area contributed by atoms with Gasteiger partial charge < -0.3 is 10.0 Å². The van der Waals surface area contributed by atoms with Crippen LogP contribution in [0.15, 0.2) is 54.7 Å². The van der Waals surface area contributed by atoms with Crippen molar-refractivity contribution >= 4 is 29.2 Å². The molecule has 0 saturated carbocycles. The lowest BCUT2D eigenvalue weighted by atomic mass is 9.84. The molecule has 0 unspecified atom stereocenters. The first-order chi connectivity index (χ1) is 13.4. The van der Waals surface area contributed by atoms with E-state index < -0.39 is 5.60 Å². The van der Waals surface area contributed by atoms with Crippen molar-refractivity contribution in [3.8, 4) is 11.1 Å². The number of aryl methyl sites for hydroxylation is 1. The number of hydrogen-bond donors (Lipinski definition) is 1. The van der Waals surface area contributed by atoms with Gasteiger partial charge in [-0.25, -0.2) is 9.97 Å². The second-order valence-corrected chi connectivity index (χ2v) is 8.07. The predicted molar refractivity (Wildman–Crippen MR) is 114 cm³/mol. The number of nitrogens with zero attached hydrogens (tertiary/aromatic N) is 3. The Labute approximate surface area is 174 Å². The van der Waals surface area contributed by atoms with Gasteiger partial charge in [0, 0.05) is 34.9 Å². The van der Waals surface area contributed by atoms with E-state index in [1.54, 1.807) is 0 Å². The molecule has 0 atom stereocenters. The van der Waals surface area contributed by atoms with E-state index >= 15 is 0 Å². The van der Waals surface area contributed by atoms with Crippen molar-refractivity contribution in [2.45, 2.75) is 25.4 Å². The molecular weight excluding hydrogens is 393 g/mol. The van der Waals surface area contributed by atoms with Crippen molar-refractivity contribution in [2.75, 3.05) is 18.0 Å². The van der Waals surface area contributed by atoms with Crippen LogP contribution in [0.2, 0.25) is 10.0 Å². The highest BCUT2D eigenvalue weighted by Gasteiger charge is 2.34. The molecule has 0 radical (unpaired) electrons. The van der Waals surface area contributed by atoms with Gasteiger partial charge in [-0.15, -0.1) is 0 Å². The van der Waals surface area contributed by atoms with Gasteiger partial charge in [-0.1, -0.05) is 47.5 Å². The first-order valence-electron chi connectivity index (χ1n) is 9.28. The molecule has 1 fully saturated rings. The third-order valence-electron chi connectivity index (χ3n) is 5.38.